The SMILES string of the molecule is C/C=C(C)\C(=C(\C)C(C)C)c1c(Cl)ccc(/C(CCCOc2cccc3cc(F)ccc23)=C(\CC)C(=O)CCOC(=O)C(C)(C)C)c1C. The summed E-state index contributed by atoms with van der Waals surface area (Å²) >= 11 is 6.98. The van der Waals surface area contributed by atoms with Gasteiger partial charge in [-0.05, 0) is 143 Å². The number of hydrogen-bond acceptors (Lipinski definition) is 4. The molecule has 3 aromatic carbocycles. The first kappa shape index (κ1) is 38.7. The fourth-order valence-corrected chi connectivity index (χ4v) is 6.16. The highest BCUT2D eigenvalue weighted by Crippen LogP contribution is 2.41. The maximum Gasteiger partial charge on any atom is 0.311 e. The standard InChI is InChI=1S/C42H52ClFO4/c1-11-27(5)39(28(6)26(3)4)40-29(7)33(20-21-36(40)43)35(32(12-2)37(45)22-24-48-41(46)42(8,9)10)16-14-23-47-38-17-13-15-30-25-31(44)18-19-34(30)38/h11,13,15,17-21,25-26H,12,14,16,22-24H2,1-10H3/b27-11-,35-32+,39-28+. The Bertz CT molecular complexity index is 1740. The predicted molar refractivity (Wildman–Crippen MR) is 199 cm³/mol. The van der Waals surface area contributed by atoms with Crippen molar-refractivity contribution in [3.63, 3.8) is 0 Å². The number of benzene rings is 3. The van der Waals surface area contributed by atoms with Gasteiger partial charge in [-0.1, -0.05) is 62.2 Å². The summed E-state index contributed by atoms with van der Waals surface area (Å²) in [7, 11) is 0. The minimum Gasteiger partial charge on any atom is -0.493 e. The molecular weight excluding hydrogens is 623 g/mol. The van der Waals surface area contributed by atoms with E-state index in [2.05, 4.69) is 40.7 Å². The number of carbonyl (C=O) groups is 2. The number of rotatable bonds is 14. The van der Waals surface area contributed by atoms with Gasteiger partial charge in [-0.3, -0.25) is 9.59 Å². The van der Waals surface area contributed by atoms with Crippen molar-refractivity contribution in [2.24, 2.45) is 11.3 Å². The number of hydrogen-bond donors (Lipinski definition) is 0. The van der Waals surface area contributed by atoms with E-state index in [0.29, 0.717) is 48.1 Å². The largest absolute Gasteiger partial charge is 0.493 e. The van der Waals surface area contributed by atoms with Gasteiger partial charge in [0.05, 0.1) is 18.6 Å². The Morgan fingerprint density at radius 3 is 2.33 bits per heavy atom. The maximum absolute atomic E-state index is 13.8. The van der Waals surface area contributed by atoms with Gasteiger partial charge in [0.2, 0.25) is 0 Å². The summed E-state index contributed by atoms with van der Waals surface area (Å²) in [4.78, 5) is 26.2. The number of Topliss-reactive ketones (excluding diaryl/α,β-unsaturated/α-hetero) is 1. The molecule has 0 N–H and O–H groups in total. The minimum absolute atomic E-state index is 0.0301. The zero-order valence-electron chi connectivity index (χ0n) is 30.4. The molecule has 0 bridgehead atoms. The number of halogens is 2. The lowest BCUT2D eigenvalue weighted by Crippen LogP contribution is -2.24. The second-order valence-corrected chi connectivity index (χ2v) is 14.1. The van der Waals surface area contributed by atoms with Gasteiger partial charge in [-0.15, -0.1) is 0 Å². The third-order valence-electron chi connectivity index (χ3n) is 8.94. The fraction of sp³-hybridized carbons (Fsp3) is 0.429. The number of ketones is 1. The van der Waals surface area contributed by atoms with Crippen LogP contribution in [0, 0.1) is 24.1 Å². The van der Waals surface area contributed by atoms with Crippen LogP contribution in [0.1, 0.15) is 105 Å². The molecule has 0 atom stereocenters. The van der Waals surface area contributed by atoms with Gasteiger partial charge in [0.25, 0.3) is 0 Å². The molecule has 0 aliphatic rings. The molecule has 3 aromatic rings. The second kappa shape index (κ2) is 17.1. The van der Waals surface area contributed by atoms with Crippen molar-refractivity contribution in [3.05, 3.63) is 98.9 Å². The number of allylic oxidation sites excluding steroid dienone is 6. The second-order valence-electron chi connectivity index (χ2n) is 13.7. The van der Waals surface area contributed by atoms with E-state index in [0.717, 1.165) is 44.2 Å². The normalized spacial score (nSPS) is 13.4. The van der Waals surface area contributed by atoms with E-state index in [1.807, 2.05) is 44.2 Å². The highest BCUT2D eigenvalue weighted by molar-refractivity contribution is 6.33. The Morgan fingerprint density at radius 2 is 1.71 bits per heavy atom. The summed E-state index contributed by atoms with van der Waals surface area (Å²) in [6, 6.07) is 14.2. The van der Waals surface area contributed by atoms with E-state index < -0.39 is 5.41 Å². The van der Waals surface area contributed by atoms with Crippen LogP contribution < -0.4 is 4.74 Å². The molecule has 6 heteroatoms. The van der Waals surface area contributed by atoms with Gasteiger partial charge >= 0.3 is 5.97 Å². The van der Waals surface area contributed by atoms with Crippen LogP contribution in [0.3, 0.4) is 0 Å². The molecule has 0 saturated carbocycles. The lowest BCUT2D eigenvalue weighted by Gasteiger charge is -2.23. The maximum atomic E-state index is 13.8. The van der Waals surface area contributed by atoms with Crippen molar-refractivity contribution in [1.29, 1.82) is 0 Å². The van der Waals surface area contributed by atoms with E-state index in [4.69, 9.17) is 21.1 Å². The summed E-state index contributed by atoms with van der Waals surface area (Å²) in [6.45, 7) is 20.6. The summed E-state index contributed by atoms with van der Waals surface area (Å²) in [6.07, 6.45) is 3.96. The molecule has 0 fully saturated rings. The summed E-state index contributed by atoms with van der Waals surface area (Å²) in [5.41, 5.74) is 7.51. The Hall–Kier alpha value is -3.70. The number of fused-ring (bicyclic) bond motifs is 1. The first-order valence-electron chi connectivity index (χ1n) is 17.0. The molecule has 0 saturated heterocycles. The topological polar surface area (TPSA) is 52.6 Å². The lowest BCUT2D eigenvalue weighted by molar-refractivity contribution is -0.153. The smallest absolute Gasteiger partial charge is 0.311 e. The molecule has 48 heavy (non-hydrogen) atoms. The van der Waals surface area contributed by atoms with Crippen LogP contribution in [0.25, 0.3) is 21.9 Å². The summed E-state index contributed by atoms with van der Waals surface area (Å²) < 4.78 is 25.5. The van der Waals surface area contributed by atoms with Crippen LogP contribution in [0.4, 0.5) is 4.39 Å². The third kappa shape index (κ3) is 9.47. The third-order valence-corrected chi connectivity index (χ3v) is 9.25. The zero-order valence-corrected chi connectivity index (χ0v) is 31.2. The molecule has 258 valence electrons. The predicted octanol–water partition coefficient (Wildman–Crippen LogP) is 11.9. The Labute approximate surface area is 292 Å². The molecular formula is C42H52ClFO4. The average molecular weight is 675 g/mol. The van der Waals surface area contributed by atoms with E-state index in [-0.39, 0.29) is 30.6 Å². The van der Waals surface area contributed by atoms with Crippen LogP contribution in [-0.4, -0.2) is 25.0 Å². The molecule has 0 aliphatic heterocycles. The van der Waals surface area contributed by atoms with E-state index >= 15 is 0 Å². The van der Waals surface area contributed by atoms with Gasteiger partial charge in [0.1, 0.15) is 11.6 Å². The molecule has 0 amide bonds. The van der Waals surface area contributed by atoms with E-state index in [1.165, 1.54) is 17.7 Å². The summed E-state index contributed by atoms with van der Waals surface area (Å²) in [5.74, 6) is 0.346. The fourth-order valence-electron chi connectivity index (χ4n) is 5.86. The van der Waals surface area contributed by atoms with Crippen molar-refractivity contribution < 1.29 is 23.5 Å². The van der Waals surface area contributed by atoms with Crippen LogP contribution in [0.5, 0.6) is 5.75 Å². The van der Waals surface area contributed by atoms with E-state index in [1.54, 1.807) is 26.8 Å². The molecule has 0 heterocycles. The average Bonchev–Trinajstić information content (AvgIpc) is 3.03. The molecule has 0 aliphatic carbocycles. The first-order valence-corrected chi connectivity index (χ1v) is 17.4. The molecule has 0 unspecified atom stereocenters. The van der Waals surface area contributed by atoms with Crippen molar-refractivity contribution in [2.45, 2.75) is 94.9 Å². The molecule has 4 nitrogen and oxygen atoms in total. The number of carbonyl (C=O) groups excluding carboxylic acids is 2. The lowest BCUT2D eigenvalue weighted by atomic mass is 9.82. The number of ether oxygens (including phenoxy) is 2. The van der Waals surface area contributed by atoms with Crippen LogP contribution in [-0.2, 0) is 14.3 Å². The molecule has 0 spiro atoms. The zero-order chi connectivity index (χ0) is 35.8. The molecule has 0 radical (unpaired) electrons. The van der Waals surface area contributed by atoms with Crippen molar-refractivity contribution in [2.75, 3.05) is 13.2 Å². The highest BCUT2D eigenvalue weighted by atomic mass is 35.5. The minimum atomic E-state index is -0.642. The van der Waals surface area contributed by atoms with Crippen LogP contribution in [0.15, 0.2) is 71.3 Å². The van der Waals surface area contributed by atoms with Gasteiger partial charge < -0.3 is 9.47 Å². The van der Waals surface area contributed by atoms with Gasteiger partial charge in [0, 0.05) is 22.4 Å². The van der Waals surface area contributed by atoms with Crippen molar-refractivity contribution in [1.82, 2.24) is 0 Å². The highest BCUT2D eigenvalue weighted by Gasteiger charge is 2.25. The quantitative estimate of drug-likeness (QED) is 0.0739. The van der Waals surface area contributed by atoms with Crippen molar-refractivity contribution >= 4 is 45.3 Å². The Morgan fingerprint density at radius 1 is 1.00 bits per heavy atom. The Kier molecular flexibility index (Phi) is 13.8. The van der Waals surface area contributed by atoms with Crippen LogP contribution >= 0.6 is 11.6 Å². The van der Waals surface area contributed by atoms with E-state index in [9.17, 15) is 14.0 Å². The molecule has 3 rings (SSSR count). The van der Waals surface area contributed by atoms with Crippen molar-refractivity contribution in [3.8, 4) is 5.75 Å². The van der Waals surface area contributed by atoms with Gasteiger partial charge in [-0.2, -0.15) is 0 Å². The molecule has 0 aromatic heterocycles. The summed E-state index contributed by atoms with van der Waals surface area (Å²) in [5, 5.41) is 2.29. The number of esters is 1. The first-order chi connectivity index (χ1) is 22.6. The Balaban J connectivity index is 2.07. The van der Waals surface area contributed by atoms with Gasteiger partial charge in [-0.25, -0.2) is 4.39 Å². The van der Waals surface area contributed by atoms with Crippen LogP contribution in [0.2, 0.25) is 5.02 Å². The van der Waals surface area contributed by atoms with Gasteiger partial charge in [0.15, 0.2) is 5.78 Å². The monoisotopic (exact) mass is 674 g/mol.